The van der Waals surface area contributed by atoms with Crippen molar-refractivity contribution in [2.75, 3.05) is 39.9 Å². The number of hydrogen-bond acceptors (Lipinski definition) is 5. The quantitative estimate of drug-likeness (QED) is 0.895. The molecule has 2 atom stereocenters. The lowest BCUT2D eigenvalue weighted by atomic mass is 10.00. The lowest BCUT2D eigenvalue weighted by Gasteiger charge is -2.31. The van der Waals surface area contributed by atoms with Crippen molar-refractivity contribution in [3.63, 3.8) is 0 Å². The SMILES string of the molecule is CN(Cc1ccco1)C[C@H]1CC[C@]2(COCCN(C(N)=O)C2)O1. The van der Waals surface area contributed by atoms with Gasteiger partial charge in [0.15, 0.2) is 0 Å². The third-order valence-electron chi connectivity index (χ3n) is 4.52. The van der Waals surface area contributed by atoms with Gasteiger partial charge in [0.05, 0.1) is 38.7 Å². The number of amides is 2. The Morgan fingerprint density at radius 1 is 1.57 bits per heavy atom. The zero-order chi connectivity index (χ0) is 16.3. The number of primary amides is 1. The summed E-state index contributed by atoms with van der Waals surface area (Å²) in [5, 5.41) is 0. The molecule has 2 fully saturated rings. The number of hydrogen-bond donors (Lipinski definition) is 1. The van der Waals surface area contributed by atoms with Crippen LogP contribution in [0.15, 0.2) is 22.8 Å². The summed E-state index contributed by atoms with van der Waals surface area (Å²) in [4.78, 5) is 15.3. The van der Waals surface area contributed by atoms with Crippen LogP contribution in [-0.2, 0) is 16.0 Å². The van der Waals surface area contributed by atoms with E-state index in [0.717, 1.165) is 31.7 Å². The molecule has 0 bridgehead atoms. The monoisotopic (exact) mass is 323 g/mol. The number of likely N-dealkylation sites (N-methyl/N-ethyl adjacent to an activating group) is 1. The number of furan rings is 1. The third kappa shape index (κ3) is 4.04. The minimum atomic E-state index is -0.415. The van der Waals surface area contributed by atoms with E-state index in [9.17, 15) is 4.79 Å². The molecule has 1 spiro atoms. The van der Waals surface area contributed by atoms with Gasteiger partial charge in [-0.05, 0) is 32.0 Å². The van der Waals surface area contributed by atoms with Crippen LogP contribution < -0.4 is 5.73 Å². The number of nitrogens with two attached hydrogens (primary N) is 1. The van der Waals surface area contributed by atoms with Gasteiger partial charge in [0.1, 0.15) is 11.4 Å². The van der Waals surface area contributed by atoms with Crippen molar-refractivity contribution in [1.82, 2.24) is 9.80 Å². The van der Waals surface area contributed by atoms with E-state index >= 15 is 0 Å². The van der Waals surface area contributed by atoms with E-state index in [1.807, 2.05) is 12.1 Å². The molecule has 3 rings (SSSR count). The zero-order valence-electron chi connectivity index (χ0n) is 13.6. The number of carbonyl (C=O) groups is 1. The van der Waals surface area contributed by atoms with Crippen LogP contribution in [0.5, 0.6) is 0 Å². The van der Waals surface area contributed by atoms with Crippen molar-refractivity contribution in [3.05, 3.63) is 24.2 Å². The Hall–Kier alpha value is -1.57. The van der Waals surface area contributed by atoms with Gasteiger partial charge in [0, 0.05) is 13.1 Å². The summed E-state index contributed by atoms with van der Waals surface area (Å²) in [5.74, 6) is 0.943. The summed E-state index contributed by atoms with van der Waals surface area (Å²) >= 11 is 0. The summed E-state index contributed by atoms with van der Waals surface area (Å²) in [5.41, 5.74) is 5.02. The van der Waals surface area contributed by atoms with Crippen LogP contribution in [-0.4, -0.2) is 67.4 Å². The maximum absolute atomic E-state index is 11.5. The molecule has 0 aromatic carbocycles. The van der Waals surface area contributed by atoms with Crippen LogP contribution in [0.1, 0.15) is 18.6 Å². The topological polar surface area (TPSA) is 81.2 Å². The van der Waals surface area contributed by atoms with Gasteiger partial charge < -0.3 is 24.5 Å². The smallest absolute Gasteiger partial charge is 0.314 e. The normalized spacial score (nSPS) is 28.4. The molecule has 0 saturated carbocycles. The first-order valence-electron chi connectivity index (χ1n) is 8.07. The first-order chi connectivity index (χ1) is 11.1. The van der Waals surface area contributed by atoms with Gasteiger partial charge in [-0.3, -0.25) is 4.90 Å². The fourth-order valence-electron chi connectivity index (χ4n) is 3.42. The van der Waals surface area contributed by atoms with Crippen LogP contribution in [0.4, 0.5) is 4.79 Å². The van der Waals surface area contributed by atoms with Crippen LogP contribution in [0.3, 0.4) is 0 Å². The van der Waals surface area contributed by atoms with Crippen LogP contribution in [0, 0.1) is 0 Å². The number of ether oxygens (including phenoxy) is 2. The number of urea groups is 1. The molecule has 128 valence electrons. The number of nitrogens with zero attached hydrogens (tertiary/aromatic N) is 2. The van der Waals surface area contributed by atoms with Gasteiger partial charge in [-0.1, -0.05) is 0 Å². The van der Waals surface area contributed by atoms with E-state index < -0.39 is 11.6 Å². The number of carbonyl (C=O) groups excluding carboxylic acids is 1. The molecule has 0 radical (unpaired) electrons. The lowest BCUT2D eigenvalue weighted by Crippen LogP contribution is -2.48. The lowest BCUT2D eigenvalue weighted by molar-refractivity contribution is -0.0888. The largest absolute Gasteiger partial charge is 0.468 e. The van der Waals surface area contributed by atoms with Gasteiger partial charge in [0.2, 0.25) is 0 Å². The summed E-state index contributed by atoms with van der Waals surface area (Å²) < 4.78 is 17.3. The molecule has 23 heavy (non-hydrogen) atoms. The molecule has 2 saturated heterocycles. The average molecular weight is 323 g/mol. The predicted octanol–water partition coefficient (Wildman–Crippen LogP) is 1.04. The van der Waals surface area contributed by atoms with Crippen molar-refractivity contribution in [1.29, 1.82) is 0 Å². The molecule has 1 aromatic rings. The molecule has 2 amide bonds. The van der Waals surface area contributed by atoms with E-state index in [1.165, 1.54) is 0 Å². The van der Waals surface area contributed by atoms with Gasteiger partial charge in [-0.25, -0.2) is 4.79 Å². The van der Waals surface area contributed by atoms with Crippen molar-refractivity contribution >= 4 is 6.03 Å². The predicted molar refractivity (Wildman–Crippen MR) is 83.9 cm³/mol. The van der Waals surface area contributed by atoms with Crippen molar-refractivity contribution in [2.24, 2.45) is 5.73 Å². The Morgan fingerprint density at radius 2 is 2.43 bits per heavy atom. The van der Waals surface area contributed by atoms with Crippen LogP contribution >= 0.6 is 0 Å². The second kappa shape index (κ2) is 6.90. The molecular weight excluding hydrogens is 298 g/mol. The summed E-state index contributed by atoms with van der Waals surface area (Å²) in [6, 6.07) is 3.46. The van der Waals surface area contributed by atoms with Crippen molar-refractivity contribution < 1.29 is 18.7 Å². The molecule has 2 aliphatic rings. The van der Waals surface area contributed by atoms with E-state index in [2.05, 4.69) is 11.9 Å². The minimum absolute atomic E-state index is 0.131. The van der Waals surface area contributed by atoms with E-state index in [1.54, 1.807) is 11.2 Å². The van der Waals surface area contributed by atoms with E-state index in [-0.39, 0.29) is 6.10 Å². The molecular formula is C16H25N3O4. The highest BCUT2D eigenvalue weighted by molar-refractivity contribution is 5.72. The second-order valence-corrected chi connectivity index (χ2v) is 6.55. The minimum Gasteiger partial charge on any atom is -0.468 e. The van der Waals surface area contributed by atoms with Crippen molar-refractivity contribution in [3.8, 4) is 0 Å². The van der Waals surface area contributed by atoms with Gasteiger partial charge in [0.25, 0.3) is 0 Å². The van der Waals surface area contributed by atoms with Gasteiger partial charge in [-0.15, -0.1) is 0 Å². The maximum Gasteiger partial charge on any atom is 0.314 e. The second-order valence-electron chi connectivity index (χ2n) is 6.55. The van der Waals surface area contributed by atoms with Crippen molar-refractivity contribution in [2.45, 2.75) is 31.1 Å². The Labute approximate surface area is 136 Å². The molecule has 1 aromatic heterocycles. The van der Waals surface area contributed by atoms with E-state index in [0.29, 0.717) is 26.3 Å². The molecule has 3 heterocycles. The zero-order valence-corrected chi connectivity index (χ0v) is 13.6. The first-order valence-corrected chi connectivity index (χ1v) is 8.07. The highest BCUT2D eigenvalue weighted by Gasteiger charge is 2.43. The molecule has 0 aliphatic carbocycles. The molecule has 7 heteroatoms. The first kappa shape index (κ1) is 16.3. The summed E-state index contributed by atoms with van der Waals surface area (Å²) in [6.07, 6.45) is 3.66. The van der Waals surface area contributed by atoms with E-state index in [4.69, 9.17) is 19.6 Å². The van der Waals surface area contributed by atoms with Crippen LogP contribution in [0.2, 0.25) is 0 Å². The molecule has 2 aliphatic heterocycles. The average Bonchev–Trinajstić information content (AvgIpc) is 3.07. The standard InChI is InChI=1S/C16H25N3O4/c1-18(9-13-3-2-7-22-13)10-14-4-5-16(23-14)11-19(15(17)20)6-8-21-12-16/h2-3,7,14H,4-6,8-12H2,1H3,(H2,17,20)/t14-,16+/m1/s1. The highest BCUT2D eigenvalue weighted by Crippen LogP contribution is 2.33. The molecule has 0 unspecified atom stereocenters. The summed E-state index contributed by atoms with van der Waals surface area (Å²) in [6.45, 7) is 3.65. The molecule has 2 N–H and O–H groups in total. The van der Waals surface area contributed by atoms with Gasteiger partial charge >= 0.3 is 6.03 Å². The fraction of sp³-hybridized carbons (Fsp3) is 0.688. The van der Waals surface area contributed by atoms with Crippen LogP contribution in [0.25, 0.3) is 0 Å². The fourth-order valence-corrected chi connectivity index (χ4v) is 3.42. The third-order valence-corrected chi connectivity index (χ3v) is 4.52. The Kier molecular flexibility index (Phi) is 4.89. The Morgan fingerprint density at radius 3 is 3.17 bits per heavy atom. The summed E-state index contributed by atoms with van der Waals surface area (Å²) in [7, 11) is 2.05. The number of rotatable bonds is 4. The Bertz CT molecular complexity index is 521. The maximum atomic E-state index is 11.5. The Balaban J connectivity index is 1.55. The highest BCUT2D eigenvalue weighted by atomic mass is 16.6. The van der Waals surface area contributed by atoms with Gasteiger partial charge in [-0.2, -0.15) is 0 Å². The molecule has 7 nitrogen and oxygen atoms in total.